The summed E-state index contributed by atoms with van der Waals surface area (Å²) in [5, 5.41) is 0. The summed E-state index contributed by atoms with van der Waals surface area (Å²) >= 11 is 3.42. The number of hydrogen-bond donors (Lipinski definition) is 0. The highest BCUT2D eigenvalue weighted by Crippen LogP contribution is 2.30. The van der Waals surface area contributed by atoms with Gasteiger partial charge < -0.3 is 9.47 Å². The third-order valence-corrected chi connectivity index (χ3v) is 3.14. The van der Waals surface area contributed by atoms with Crippen molar-refractivity contribution in [2.24, 2.45) is 0 Å². The van der Waals surface area contributed by atoms with E-state index in [9.17, 15) is 4.79 Å². The first kappa shape index (κ1) is 15.0. The van der Waals surface area contributed by atoms with Crippen LogP contribution >= 0.6 is 15.9 Å². The van der Waals surface area contributed by atoms with Crippen LogP contribution in [0.3, 0.4) is 0 Å². The van der Waals surface area contributed by atoms with Crippen molar-refractivity contribution in [3.05, 3.63) is 28.2 Å². The number of methoxy groups -OCH3 is 1. The highest BCUT2D eigenvalue weighted by Gasteiger charge is 2.24. The summed E-state index contributed by atoms with van der Waals surface area (Å²) in [6.45, 7) is 2.18. The van der Waals surface area contributed by atoms with Crippen molar-refractivity contribution in [3.8, 4) is 5.75 Å². The molecule has 0 aliphatic carbocycles. The van der Waals surface area contributed by atoms with E-state index >= 15 is 0 Å². The van der Waals surface area contributed by atoms with E-state index in [1.54, 1.807) is 14.0 Å². The van der Waals surface area contributed by atoms with E-state index in [0.29, 0.717) is 6.61 Å². The lowest BCUT2D eigenvalue weighted by atomic mass is 10.1. The van der Waals surface area contributed by atoms with Crippen LogP contribution in [0.5, 0.6) is 5.75 Å². The molecule has 0 saturated heterocycles. The summed E-state index contributed by atoms with van der Waals surface area (Å²) in [6.07, 6.45) is 0. The Morgan fingerprint density at radius 3 is 2.56 bits per heavy atom. The number of rotatable bonds is 5. The van der Waals surface area contributed by atoms with Crippen LogP contribution in [-0.2, 0) is 9.53 Å². The molecule has 0 N–H and O–H groups in total. The second kappa shape index (κ2) is 6.75. The Labute approximate surface area is 116 Å². The number of nitrogens with zero attached hydrogens (tertiary/aromatic N) is 1. The molecule has 0 spiro atoms. The lowest BCUT2D eigenvalue weighted by Gasteiger charge is -2.23. The molecule has 18 heavy (non-hydrogen) atoms. The fourth-order valence-corrected chi connectivity index (χ4v) is 2.28. The molecule has 100 valence electrons. The molecule has 1 rings (SSSR count). The fraction of sp³-hybridized carbons (Fsp3) is 0.462. The molecule has 1 unspecified atom stereocenters. The van der Waals surface area contributed by atoms with Gasteiger partial charge in [0.25, 0.3) is 0 Å². The molecule has 0 amide bonds. The number of benzene rings is 1. The van der Waals surface area contributed by atoms with E-state index < -0.39 is 6.04 Å². The lowest BCUT2D eigenvalue weighted by molar-refractivity contribution is -0.148. The van der Waals surface area contributed by atoms with E-state index in [4.69, 9.17) is 9.47 Å². The van der Waals surface area contributed by atoms with Gasteiger partial charge in [-0.05, 0) is 54.6 Å². The topological polar surface area (TPSA) is 38.8 Å². The number of likely N-dealkylation sites (N-methyl/N-ethyl adjacent to an activating group) is 1. The van der Waals surface area contributed by atoms with E-state index in [1.165, 1.54) is 0 Å². The Bertz CT molecular complexity index is 421. The minimum atomic E-state index is -0.410. The highest BCUT2D eigenvalue weighted by molar-refractivity contribution is 9.10. The molecule has 0 aromatic heterocycles. The number of hydrogen-bond acceptors (Lipinski definition) is 4. The van der Waals surface area contributed by atoms with Crippen LogP contribution in [-0.4, -0.2) is 38.7 Å². The molecule has 0 aliphatic heterocycles. The molecule has 0 heterocycles. The normalized spacial score (nSPS) is 12.3. The monoisotopic (exact) mass is 315 g/mol. The summed E-state index contributed by atoms with van der Waals surface area (Å²) < 4.78 is 11.1. The van der Waals surface area contributed by atoms with Crippen molar-refractivity contribution in [1.29, 1.82) is 0 Å². The van der Waals surface area contributed by atoms with Crippen LogP contribution in [0, 0.1) is 0 Å². The molecule has 0 bridgehead atoms. The van der Waals surface area contributed by atoms with E-state index in [2.05, 4.69) is 15.9 Å². The first-order valence-electron chi connectivity index (χ1n) is 5.67. The summed E-state index contributed by atoms with van der Waals surface area (Å²) in [4.78, 5) is 13.8. The zero-order valence-electron chi connectivity index (χ0n) is 11.1. The van der Waals surface area contributed by atoms with E-state index in [-0.39, 0.29) is 5.97 Å². The minimum absolute atomic E-state index is 0.250. The first-order valence-corrected chi connectivity index (χ1v) is 6.47. The maximum Gasteiger partial charge on any atom is 0.327 e. The Balaban J connectivity index is 3.06. The predicted octanol–water partition coefficient (Wildman–Crippen LogP) is 2.62. The molecular weight excluding hydrogens is 298 g/mol. The molecular formula is C13H18BrNO3. The van der Waals surface area contributed by atoms with Crippen LogP contribution in [0.15, 0.2) is 22.7 Å². The fourth-order valence-electron chi connectivity index (χ4n) is 1.72. The second-order valence-electron chi connectivity index (χ2n) is 4.01. The standard InChI is InChI=1S/C13H18BrNO3/c1-5-18-13(16)12(15(2)3)9-6-7-11(17-4)10(14)8-9/h6-8,12H,5H2,1-4H3. The largest absolute Gasteiger partial charge is 0.496 e. The smallest absolute Gasteiger partial charge is 0.327 e. The zero-order valence-corrected chi connectivity index (χ0v) is 12.7. The minimum Gasteiger partial charge on any atom is -0.496 e. The molecule has 0 saturated carbocycles. The molecule has 1 aromatic rings. The summed E-state index contributed by atoms with van der Waals surface area (Å²) in [5.74, 6) is 0.486. The average Bonchev–Trinajstić information content (AvgIpc) is 2.29. The van der Waals surface area contributed by atoms with Gasteiger partial charge in [0.2, 0.25) is 0 Å². The quantitative estimate of drug-likeness (QED) is 0.783. The maximum atomic E-state index is 11.9. The van der Waals surface area contributed by atoms with Gasteiger partial charge >= 0.3 is 5.97 Å². The lowest BCUT2D eigenvalue weighted by Crippen LogP contribution is -2.29. The Morgan fingerprint density at radius 2 is 2.11 bits per heavy atom. The van der Waals surface area contributed by atoms with Crippen molar-refractivity contribution in [2.75, 3.05) is 27.8 Å². The Hall–Kier alpha value is -1.07. The van der Waals surface area contributed by atoms with Gasteiger partial charge in [-0.15, -0.1) is 0 Å². The van der Waals surface area contributed by atoms with Gasteiger partial charge in [0, 0.05) is 0 Å². The van der Waals surface area contributed by atoms with E-state index in [1.807, 2.05) is 37.2 Å². The van der Waals surface area contributed by atoms with Crippen LogP contribution in [0.1, 0.15) is 18.5 Å². The SMILES string of the molecule is CCOC(=O)C(c1ccc(OC)c(Br)c1)N(C)C. The first-order chi connectivity index (χ1) is 8.51. The van der Waals surface area contributed by atoms with Crippen LogP contribution < -0.4 is 4.74 Å². The van der Waals surface area contributed by atoms with Gasteiger partial charge in [-0.3, -0.25) is 4.90 Å². The zero-order chi connectivity index (χ0) is 13.7. The predicted molar refractivity (Wildman–Crippen MR) is 73.8 cm³/mol. The van der Waals surface area contributed by atoms with Gasteiger partial charge in [-0.2, -0.15) is 0 Å². The van der Waals surface area contributed by atoms with Gasteiger partial charge in [0.1, 0.15) is 11.8 Å². The molecule has 0 aliphatic rings. The highest BCUT2D eigenvalue weighted by atomic mass is 79.9. The second-order valence-corrected chi connectivity index (χ2v) is 4.87. The summed E-state index contributed by atoms with van der Waals surface area (Å²) in [5.41, 5.74) is 0.867. The Morgan fingerprint density at radius 1 is 1.44 bits per heavy atom. The van der Waals surface area contributed by atoms with Crippen LogP contribution in [0.4, 0.5) is 0 Å². The molecule has 4 nitrogen and oxygen atoms in total. The summed E-state index contributed by atoms with van der Waals surface area (Å²) in [6, 6.07) is 5.16. The number of carbonyl (C=O) groups excluding carboxylic acids is 1. The molecule has 5 heteroatoms. The average molecular weight is 316 g/mol. The Kier molecular flexibility index (Phi) is 5.62. The van der Waals surface area contributed by atoms with Crippen molar-refractivity contribution in [3.63, 3.8) is 0 Å². The number of esters is 1. The maximum absolute atomic E-state index is 11.9. The third kappa shape index (κ3) is 3.46. The van der Waals surface area contributed by atoms with Crippen molar-refractivity contribution >= 4 is 21.9 Å². The number of halogens is 1. The molecule has 1 aromatic carbocycles. The van der Waals surface area contributed by atoms with Gasteiger partial charge in [-0.1, -0.05) is 6.07 Å². The number of ether oxygens (including phenoxy) is 2. The molecule has 1 atom stereocenters. The summed E-state index contributed by atoms with van der Waals surface area (Å²) in [7, 11) is 5.30. The van der Waals surface area contributed by atoms with Crippen LogP contribution in [0.25, 0.3) is 0 Å². The van der Waals surface area contributed by atoms with Crippen LogP contribution in [0.2, 0.25) is 0 Å². The molecule has 0 fully saturated rings. The molecule has 0 radical (unpaired) electrons. The van der Waals surface area contributed by atoms with Crippen molar-refractivity contribution in [1.82, 2.24) is 4.90 Å². The van der Waals surface area contributed by atoms with E-state index in [0.717, 1.165) is 15.8 Å². The third-order valence-electron chi connectivity index (χ3n) is 2.52. The number of carbonyl (C=O) groups is 1. The van der Waals surface area contributed by atoms with Crippen molar-refractivity contribution < 1.29 is 14.3 Å². The van der Waals surface area contributed by atoms with Gasteiger partial charge in [0.05, 0.1) is 18.2 Å². The van der Waals surface area contributed by atoms with Gasteiger partial charge in [0.15, 0.2) is 0 Å². The van der Waals surface area contributed by atoms with Crippen molar-refractivity contribution in [2.45, 2.75) is 13.0 Å². The van der Waals surface area contributed by atoms with Gasteiger partial charge in [-0.25, -0.2) is 4.79 Å².